The van der Waals surface area contributed by atoms with Crippen molar-refractivity contribution in [1.29, 1.82) is 0 Å². The Morgan fingerprint density at radius 3 is 1.94 bits per heavy atom. The summed E-state index contributed by atoms with van der Waals surface area (Å²) in [4.78, 5) is 11.2. The summed E-state index contributed by atoms with van der Waals surface area (Å²) in [5.74, 6) is -1.94. The molecule has 108 valence electrons. The van der Waals surface area contributed by atoms with Gasteiger partial charge in [-0.05, 0) is 6.92 Å². The summed E-state index contributed by atoms with van der Waals surface area (Å²) in [7, 11) is 0. The van der Waals surface area contributed by atoms with E-state index < -0.39 is 43.5 Å². The number of aliphatic hydroxyl groups excluding tert-OH is 1. The van der Waals surface area contributed by atoms with E-state index in [1.54, 1.807) is 0 Å². The Morgan fingerprint density at radius 2 is 1.67 bits per heavy atom. The first kappa shape index (κ1) is 17.0. The molecule has 0 saturated heterocycles. The Balaban J connectivity index is 5.09. The normalized spacial score (nSPS) is 16.3. The number of rotatable bonds is 4. The van der Waals surface area contributed by atoms with E-state index in [2.05, 4.69) is 0 Å². The van der Waals surface area contributed by atoms with Gasteiger partial charge < -0.3 is 15.7 Å². The van der Waals surface area contributed by atoms with Crippen molar-refractivity contribution >= 4 is 5.91 Å². The van der Waals surface area contributed by atoms with Crippen molar-refractivity contribution in [3.05, 3.63) is 0 Å². The fourth-order valence-corrected chi connectivity index (χ4v) is 1.04. The van der Waals surface area contributed by atoms with Crippen LogP contribution in [0.4, 0.5) is 26.3 Å². The van der Waals surface area contributed by atoms with Crippen molar-refractivity contribution in [3.8, 4) is 0 Å². The van der Waals surface area contributed by atoms with Crippen molar-refractivity contribution in [2.45, 2.75) is 24.8 Å². The molecule has 0 saturated carbocycles. The number of hydrogen-bond donors (Lipinski definition) is 2. The largest absolute Gasteiger partial charge is 0.415 e. The van der Waals surface area contributed by atoms with Gasteiger partial charge in [0.05, 0.1) is 6.61 Å². The molecule has 0 aromatic heterocycles. The summed E-state index contributed by atoms with van der Waals surface area (Å²) in [6, 6.07) is 0. The molecule has 0 aromatic rings. The number of amides is 1. The van der Waals surface area contributed by atoms with E-state index in [9.17, 15) is 31.1 Å². The Hall–Kier alpha value is -1.03. The maximum atomic E-state index is 12.4. The van der Waals surface area contributed by atoms with E-state index in [1.165, 1.54) is 0 Å². The van der Waals surface area contributed by atoms with Gasteiger partial charge in [0.15, 0.2) is 5.54 Å². The molecular weight excluding hydrogens is 270 g/mol. The van der Waals surface area contributed by atoms with Crippen LogP contribution >= 0.6 is 0 Å². The lowest BCUT2D eigenvalue weighted by Crippen LogP contribution is -2.63. The second kappa shape index (κ2) is 5.31. The maximum absolute atomic E-state index is 12.4. The molecule has 10 heteroatoms. The number of hydrogen-bond acceptors (Lipinski definition) is 3. The Bertz CT molecular complexity index is 299. The first-order valence-corrected chi connectivity index (χ1v) is 4.65. The minimum atomic E-state index is -5.19. The highest BCUT2D eigenvalue weighted by molar-refractivity contribution is 5.86. The Morgan fingerprint density at radius 1 is 1.22 bits per heavy atom. The standard InChI is InChI=1S/C8H12F6N2O2/c1-6(15,8(12,13)14)5(18)16(2-3-17)4-7(9,10)11/h17H,2-4,15H2,1H3. The highest BCUT2D eigenvalue weighted by Crippen LogP contribution is 2.30. The maximum Gasteiger partial charge on any atom is 0.415 e. The summed E-state index contributed by atoms with van der Waals surface area (Å²) in [6.07, 6.45) is -10.1. The molecule has 18 heavy (non-hydrogen) atoms. The quantitative estimate of drug-likeness (QED) is 0.744. The topological polar surface area (TPSA) is 66.6 Å². The van der Waals surface area contributed by atoms with Crippen molar-refractivity contribution in [2.24, 2.45) is 5.73 Å². The molecule has 0 bridgehead atoms. The molecule has 0 fully saturated rings. The van der Waals surface area contributed by atoms with Gasteiger partial charge in [0.2, 0.25) is 0 Å². The van der Waals surface area contributed by atoms with E-state index >= 15 is 0 Å². The molecule has 0 radical (unpaired) electrons. The van der Waals surface area contributed by atoms with Crippen LogP contribution in [-0.4, -0.2) is 53.5 Å². The van der Waals surface area contributed by atoms with Crippen LogP contribution in [0.3, 0.4) is 0 Å². The van der Waals surface area contributed by atoms with Crippen molar-refractivity contribution in [3.63, 3.8) is 0 Å². The highest BCUT2D eigenvalue weighted by Gasteiger charge is 2.56. The number of nitrogens with zero attached hydrogens (tertiary/aromatic N) is 1. The summed E-state index contributed by atoms with van der Waals surface area (Å²) in [5.41, 5.74) is 1.29. The number of carbonyl (C=O) groups excluding carboxylic acids is 1. The third-order valence-electron chi connectivity index (χ3n) is 2.06. The van der Waals surface area contributed by atoms with Gasteiger partial charge in [-0.2, -0.15) is 26.3 Å². The molecule has 0 aliphatic carbocycles. The molecule has 1 unspecified atom stereocenters. The van der Waals surface area contributed by atoms with Gasteiger partial charge in [0.25, 0.3) is 5.91 Å². The summed E-state index contributed by atoms with van der Waals surface area (Å²) < 4.78 is 73.4. The van der Waals surface area contributed by atoms with E-state index in [1.807, 2.05) is 0 Å². The highest BCUT2D eigenvalue weighted by atomic mass is 19.4. The molecule has 0 aromatic carbocycles. The van der Waals surface area contributed by atoms with Crippen LogP contribution in [-0.2, 0) is 4.79 Å². The lowest BCUT2D eigenvalue weighted by Gasteiger charge is -2.33. The molecule has 1 atom stereocenters. The third kappa shape index (κ3) is 4.33. The number of nitrogens with two attached hydrogens (primary N) is 1. The summed E-state index contributed by atoms with van der Waals surface area (Å²) in [6.45, 7) is -3.43. The predicted octanol–water partition coefficient (Wildman–Crippen LogP) is 0.649. The minimum Gasteiger partial charge on any atom is -0.395 e. The monoisotopic (exact) mass is 282 g/mol. The SMILES string of the molecule is CC(N)(C(=O)N(CCO)CC(F)(F)F)C(F)(F)F. The number of halogens is 6. The lowest BCUT2D eigenvalue weighted by molar-refractivity contribution is -0.201. The smallest absolute Gasteiger partial charge is 0.395 e. The lowest BCUT2D eigenvalue weighted by atomic mass is 10.0. The van der Waals surface area contributed by atoms with Crippen LogP contribution in [0.2, 0.25) is 0 Å². The molecule has 3 N–H and O–H groups in total. The van der Waals surface area contributed by atoms with E-state index in [-0.39, 0.29) is 11.8 Å². The summed E-state index contributed by atoms with van der Waals surface area (Å²) >= 11 is 0. The van der Waals surface area contributed by atoms with Crippen LogP contribution in [0.15, 0.2) is 0 Å². The van der Waals surface area contributed by atoms with Crippen molar-refractivity contribution in [2.75, 3.05) is 19.7 Å². The zero-order chi connectivity index (χ0) is 14.8. The average molecular weight is 282 g/mol. The fourth-order valence-electron chi connectivity index (χ4n) is 1.04. The van der Waals surface area contributed by atoms with Gasteiger partial charge in [-0.25, -0.2) is 0 Å². The molecule has 0 heterocycles. The van der Waals surface area contributed by atoms with Crippen molar-refractivity contribution < 1.29 is 36.2 Å². The number of carbonyl (C=O) groups is 1. The molecule has 0 aliphatic rings. The van der Waals surface area contributed by atoms with Gasteiger partial charge in [-0.3, -0.25) is 4.79 Å². The van der Waals surface area contributed by atoms with E-state index in [0.29, 0.717) is 0 Å². The first-order valence-electron chi connectivity index (χ1n) is 4.65. The van der Waals surface area contributed by atoms with Gasteiger partial charge in [-0.15, -0.1) is 0 Å². The minimum absolute atomic E-state index is 0.173. The molecule has 0 spiro atoms. The van der Waals surface area contributed by atoms with Gasteiger partial charge in [0, 0.05) is 6.54 Å². The molecule has 0 aliphatic heterocycles. The predicted molar refractivity (Wildman–Crippen MR) is 48.4 cm³/mol. The van der Waals surface area contributed by atoms with Gasteiger partial charge in [-0.1, -0.05) is 0 Å². The van der Waals surface area contributed by atoms with E-state index in [4.69, 9.17) is 10.8 Å². The van der Waals surface area contributed by atoms with Crippen LogP contribution in [0.1, 0.15) is 6.92 Å². The Labute approximate surface area is 98.3 Å². The zero-order valence-corrected chi connectivity index (χ0v) is 9.27. The van der Waals surface area contributed by atoms with Crippen LogP contribution < -0.4 is 5.73 Å². The second-order valence-corrected chi connectivity index (χ2v) is 3.77. The molecule has 1 amide bonds. The molecule has 4 nitrogen and oxygen atoms in total. The van der Waals surface area contributed by atoms with E-state index in [0.717, 1.165) is 0 Å². The second-order valence-electron chi connectivity index (χ2n) is 3.77. The number of aliphatic hydroxyl groups is 1. The van der Waals surface area contributed by atoms with Crippen LogP contribution in [0, 0.1) is 0 Å². The zero-order valence-electron chi connectivity index (χ0n) is 9.27. The van der Waals surface area contributed by atoms with Crippen LogP contribution in [0.5, 0.6) is 0 Å². The molecule has 0 rings (SSSR count). The van der Waals surface area contributed by atoms with Gasteiger partial charge in [0.1, 0.15) is 6.54 Å². The first-order chi connectivity index (χ1) is 7.83. The third-order valence-corrected chi connectivity index (χ3v) is 2.06. The van der Waals surface area contributed by atoms with Crippen LogP contribution in [0.25, 0.3) is 0 Å². The summed E-state index contributed by atoms with van der Waals surface area (Å²) in [5, 5.41) is 8.47. The average Bonchev–Trinajstić information content (AvgIpc) is 2.12. The van der Waals surface area contributed by atoms with Crippen molar-refractivity contribution in [1.82, 2.24) is 4.90 Å². The fraction of sp³-hybridized carbons (Fsp3) is 0.875. The van der Waals surface area contributed by atoms with Gasteiger partial charge >= 0.3 is 12.4 Å². The Kier molecular flexibility index (Phi) is 5.00. The number of alkyl halides is 6. The molecular formula is C8H12F6N2O2.